The Morgan fingerprint density at radius 3 is 2.82 bits per heavy atom. The third-order valence-electron chi connectivity index (χ3n) is 2.06. The van der Waals surface area contributed by atoms with Crippen LogP contribution in [0.4, 0.5) is 9.52 Å². The second kappa shape index (κ2) is 5.05. The highest BCUT2D eigenvalue weighted by atomic mass is 32.1. The molecule has 0 aliphatic heterocycles. The maximum Gasteiger partial charge on any atom is 0.203 e. The first-order valence-electron chi connectivity index (χ1n) is 5.12. The van der Waals surface area contributed by atoms with Crippen molar-refractivity contribution in [2.24, 2.45) is 5.10 Å². The van der Waals surface area contributed by atoms with Crippen LogP contribution in [0.1, 0.15) is 16.8 Å². The van der Waals surface area contributed by atoms with E-state index in [1.54, 1.807) is 6.21 Å². The number of nitrogens with zero attached hydrogens (tertiary/aromatic N) is 2. The molecule has 0 bridgehead atoms. The monoisotopic (exact) mass is 249 g/mol. The minimum atomic E-state index is -0.253. The molecule has 88 valence electrons. The van der Waals surface area contributed by atoms with E-state index < -0.39 is 0 Å². The number of anilines is 1. The lowest BCUT2D eigenvalue weighted by Gasteiger charge is -1.97. The van der Waals surface area contributed by atoms with E-state index in [0.717, 1.165) is 22.0 Å². The fourth-order valence-corrected chi connectivity index (χ4v) is 2.04. The number of aryl methyl sites for hydroxylation is 2. The quantitative estimate of drug-likeness (QED) is 0.669. The van der Waals surface area contributed by atoms with Crippen molar-refractivity contribution in [2.75, 3.05) is 5.43 Å². The fourth-order valence-electron chi connectivity index (χ4n) is 1.41. The molecule has 17 heavy (non-hydrogen) atoms. The number of benzene rings is 1. The molecule has 0 radical (unpaired) electrons. The van der Waals surface area contributed by atoms with Crippen molar-refractivity contribution in [1.82, 2.24) is 4.98 Å². The summed E-state index contributed by atoms with van der Waals surface area (Å²) < 4.78 is 13.1. The Kier molecular flexibility index (Phi) is 3.49. The number of thiazole rings is 1. The van der Waals surface area contributed by atoms with Gasteiger partial charge in [-0.25, -0.2) is 9.37 Å². The molecule has 0 saturated carbocycles. The molecule has 1 aromatic carbocycles. The zero-order chi connectivity index (χ0) is 12.3. The van der Waals surface area contributed by atoms with E-state index >= 15 is 0 Å². The molecule has 0 aliphatic carbocycles. The van der Waals surface area contributed by atoms with Gasteiger partial charge in [0.25, 0.3) is 0 Å². The number of aromatic nitrogens is 1. The van der Waals surface area contributed by atoms with Crippen LogP contribution in [0, 0.1) is 19.7 Å². The van der Waals surface area contributed by atoms with Gasteiger partial charge in [0.15, 0.2) is 0 Å². The Labute approximate surface area is 103 Å². The zero-order valence-corrected chi connectivity index (χ0v) is 10.4. The Morgan fingerprint density at radius 2 is 2.18 bits per heavy atom. The Bertz CT molecular complexity index is 528. The van der Waals surface area contributed by atoms with Crippen LogP contribution in [0.25, 0.3) is 0 Å². The van der Waals surface area contributed by atoms with E-state index in [-0.39, 0.29) is 5.82 Å². The second-order valence-electron chi connectivity index (χ2n) is 3.73. The van der Waals surface area contributed by atoms with Gasteiger partial charge < -0.3 is 0 Å². The van der Waals surface area contributed by atoms with Gasteiger partial charge in [-0.1, -0.05) is 6.07 Å². The van der Waals surface area contributed by atoms with Gasteiger partial charge in [-0.15, -0.1) is 11.3 Å². The van der Waals surface area contributed by atoms with Gasteiger partial charge >= 0.3 is 0 Å². The first-order chi connectivity index (χ1) is 8.13. The molecule has 5 heteroatoms. The summed E-state index contributed by atoms with van der Waals surface area (Å²) in [5.74, 6) is -0.253. The van der Waals surface area contributed by atoms with Gasteiger partial charge in [0.1, 0.15) is 5.82 Å². The largest absolute Gasteiger partial charge is 0.253 e. The van der Waals surface area contributed by atoms with Crippen molar-refractivity contribution in [1.29, 1.82) is 0 Å². The number of rotatable bonds is 3. The molecule has 0 aliphatic rings. The van der Waals surface area contributed by atoms with E-state index in [0.29, 0.717) is 0 Å². The predicted molar refractivity (Wildman–Crippen MR) is 69.2 cm³/mol. The Hall–Kier alpha value is -1.75. The summed E-state index contributed by atoms with van der Waals surface area (Å²) in [6.07, 6.45) is 1.58. The molecule has 2 rings (SSSR count). The minimum Gasteiger partial charge on any atom is -0.253 e. The lowest BCUT2D eigenvalue weighted by atomic mass is 10.1. The minimum absolute atomic E-state index is 0.253. The number of hydrogen-bond acceptors (Lipinski definition) is 4. The van der Waals surface area contributed by atoms with Gasteiger partial charge in [0.05, 0.1) is 11.9 Å². The maximum absolute atomic E-state index is 13.1. The molecule has 1 heterocycles. The summed E-state index contributed by atoms with van der Waals surface area (Å²) in [4.78, 5) is 4.20. The van der Waals surface area contributed by atoms with Crippen molar-refractivity contribution in [3.63, 3.8) is 0 Å². The van der Waals surface area contributed by atoms with Crippen molar-refractivity contribution >= 4 is 22.7 Å². The first kappa shape index (κ1) is 11.7. The van der Waals surface area contributed by atoms with Gasteiger partial charge in [0, 0.05) is 5.38 Å². The summed E-state index contributed by atoms with van der Waals surface area (Å²) in [5.41, 5.74) is 5.36. The van der Waals surface area contributed by atoms with Gasteiger partial charge in [0.2, 0.25) is 5.13 Å². The second-order valence-corrected chi connectivity index (χ2v) is 4.58. The highest BCUT2D eigenvalue weighted by Gasteiger charge is 1.96. The molecule has 0 amide bonds. The van der Waals surface area contributed by atoms with Crippen LogP contribution >= 0.6 is 11.3 Å². The summed E-state index contributed by atoms with van der Waals surface area (Å²) in [7, 11) is 0. The highest BCUT2D eigenvalue weighted by molar-refractivity contribution is 7.13. The standard InChI is InChI=1S/C12H12FN3S/c1-8-3-10(5-11(13)4-8)6-14-16-12-15-9(2)7-17-12/h3-7H,1-2H3,(H,15,16). The van der Waals surface area contributed by atoms with E-state index in [4.69, 9.17) is 0 Å². The number of hydrazone groups is 1. The molecular weight excluding hydrogens is 237 g/mol. The summed E-state index contributed by atoms with van der Waals surface area (Å²) in [6.45, 7) is 3.76. The normalized spacial score (nSPS) is 11.0. The molecule has 1 aromatic heterocycles. The Morgan fingerprint density at radius 1 is 1.35 bits per heavy atom. The highest BCUT2D eigenvalue weighted by Crippen LogP contribution is 2.14. The Balaban J connectivity index is 2.05. The van der Waals surface area contributed by atoms with E-state index in [9.17, 15) is 4.39 Å². The molecule has 0 unspecified atom stereocenters. The fraction of sp³-hybridized carbons (Fsp3) is 0.167. The molecule has 3 nitrogen and oxygen atoms in total. The molecule has 0 fully saturated rings. The average molecular weight is 249 g/mol. The topological polar surface area (TPSA) is 37.3 Å². The van der Waals surface area contributed by atoms with E-state index in [2.05, 4.69) is 15.5 Å². The van der Waals surface area contributed by atoms with E-state index in [1.807, 2.05) is 25.3 Å². The maximum atomic E-state index is 13.1. The van der Waals surface area contributed by atoms with Crippen LogP contribution in [-0.4, -0.2) is 11.2 Å². The summed E-state index contributed by atoms with van der Waals surface area (Å²) >= 11 is 1.48. The number of nitrogens with one attached hydrogen (secondary N) is 1. The molecule has 1 N–H and O–H groups in total. The molecule has 0 saturated heterocycles. The van der Waals surface area contributed by atoms with Crippen molar-refractivity contribution in [2.45, 2.75) is 13.8 Å². The van der Waals surface area contributed by atoms with Crippen LogP contribution in [0.15, 0.2) is 28.7 Å². The van der Waals surface area contributed by atoms with Crippen molar-refractivity contribution in [3.8, 4) is 0 Å². The average Bonchev–Trinajstić information content (AvgIpc) is 2.63. The number of halogens is 1. The third kappa shape index (κ3) is 3.35. The zero-order valence-electron chi connectivity index (χ0n) is 9.57. The van der Waals surface area contributed by atoms with Crippen LogP contribution in [0.2, 0.25) is 0 Å². The van der Waals surface area contributed by atoms with Crippen molar-refractivity contribution in [3.05, 3.63) is 46.2 Å². The van der Waals surface area contributed by atoms with Crippen LogP contribution in [-0.2, 0) is 0 Å². The van der Waals surface area contributed by atoms with Crippen LogP contribution in [0.3, 0.4) is 0 Å². The lowest BCUT2D eigenvalue weighted by Crippen LogP contribution is -1.91. The smallest absolute Gasteiger partial charge is 0.203 e. The van der Waals surface area contributed by atoms with Gasteiger partial charge in [-0.05, 0) is 37.1 Å². The molecule has 0 atom stereocenters. The molecule has 2 aromatic rings. The summed E-state index contributed by atoms with van der Waals surface area (Å²) in [6, 6.07) is 4.78. The van der Waals surface area contributed by atoms with E-state index in [1.165, 1.54) is 23.5 Å². The third-order valence-corrected chi connectivity index (χ3v) is 2.92. The predicted octanol–water partition coefficient (Wildman–Crippen LogP) is 3.35. The van der Waals surface area contributed by atoms with Gasteiger partial charge in [-0.3, -0.25) is 5.43 Å². The summed E-state index contributed by atoms with van der Waals surface area (Å²) in [5, 5.41) is 6.68. The molecule has 0 spiro atoms. The SMILES string of the molecule is Cc1cc(F)cc(C=NNc2nc(C)cs2)c1. The lowest BCUT2D eigenvalue weighted by molar-refractivity contribution is 0.626. The van der Waals surface area contributed by atoms with Crippen LogP contribution in [0.5, 0.6) is 0 Å². The molecular formula is C12H12FN3S. The van der Waals surface area contributed by atoms with Crippen LogP contribution < -0.4 is 5.43 Å². The van der Waals surface area contributed by atoms with Gasteiger partial charge in [-0.2, -0.15) is 5.10 Å². The number of hydrogen-bond donors (Lipinski definition) is 1. The first-order valence-corrected chi connectivity index (χ1v) is 6.00. The van der Waals surface area contributed by atoms with Crippen molar-refractivity contribution < 1.29 is 4.39 Å².